The van der Waals surface area contributed by atoms with Gasteiger partial charge in [0.15, 0.2) is 0 Å². The molecule has 294 valence electrons. The normalized spacial score (nSPS) is 21.9. The number of rotatable bonds is 21. The first-order chi connectivity index (χ1) is 26.3. The molecule has 0 radical (unpaired) electrons. The highest BCUT2D eigenvalue weighted by Crippen LogP contribution is 2.41. The summed E-state index contributed by atoms with van der Waals surface area (Å²) < 4.78 is 0. The fourth-order valence-electron chi connectivity index (χ4n) is 8.30. The van der Waals surface area contributed by atoms with Gasteiger partial charge in [0.05, 0.1) is 11.8 Å². The summed E-state index contributed by atoms with van der Waals surface area (Å²) >= 11 is 0. The van der Waals surface area contributed by atoms with Crippen LogP contribution in [0.3, 0.4) is 0 Å². The summed E-state index contributed by atoms with van der Waals surface area (Å²) in [6.45, 7) is 3.81. The van der Waals surface area contributed by atoms with E-state index in [-0.39, 0.29) is 60.6 Å². The van der Waals surface area contributed by atoms with E-state index in [0.717, 1.165) is 32.1 Å². The molecule has 3 fully saturated rings. The van der Waals surface area contributed by atoms with Gasteiger partial charge in [-0.25, -0.2) is 0 Å². The van der Waals surface area contributed by atoms with Gasteiger partial charge in [0, 0.05) is 68.8 Å². The zero-order valence-electron chi connectivity index (χ0n) is 32.7. The quantitative estimate of drug-likeness (QED) is 0.124. The molecule has 5 amide bonds. The molecule has 5 atom stereocenters. The van der Waals surface area contributed by atoms with Gasteiger partial charge in [0.25, 0.3) is 11.8 Å². The van der Waals surface area contributed by atoms with Gasteiger partial charge in [0.1, 0.15) is 0 Å². The maximum absolute atomic E-state index is 13.6. The van der Waals surface area contributed by atoms with Crippen LogP contribution >= 0.6 is 0 Å². The highest BCUT2D eigenvalue weighted by molar-refractivity contribution is 5.99. The van der Waals surface area contributed by atoms with Crippen molar-refractivity contribution >= 4 is 29.5 Å². The average Bonchev–Trinajstić information content (AvgIpc) is 3.56. The Hall–Kier alpha value is -4.21. The van der Waals surface area contributed by atoms with E-state index in [0.29, 0.717) is 30.6 Å². The zero-order valence-corrected chi connectivity index (χ0v) is 32.7. The van der Waals surface area contributed by atoms with Crippen molar-refractivity contribution in [3.63, 3.8) is 0 Å². The third-order valence-electron chi connectivity index (χ3n) is 11.7. The average molecular weight is 742 g/mol. The fourth-order valence-corrected chi connectivity index (χ4v) is 8.30. The maximum atomic E-state index is 13.6. The second-order valence-corrected chi connectivity index (χ2v) is 15.7. The molecule has 2 aliphatic heterocycles. The topological polar surface area (TPSA) is 128 Å². The van der Waals surface area contributed by atoms with Crippen molar-refractivity contribution < 1.29 is 24.0 Å². The van der Waals surface area contributed by atoms with Gasteiger partial charge >= 0.3 is 0 Å². The number of carbonyl (C=O) groups excluding carboxylic acids is 5. The number of benzene rings is 2. The first-order valence-corrected chi connectivity index (χ1v) is 20.8. The summed E-state index contributed by atoms with van der Waals surface area (Å²) in [6.07, 6.45) is 18.1. The molecule has 10 heteroatoms. The van der Waals surface area contributed by atoms with Crippen molar-refractivity contribution in [2.24, 2.45) is 11.8 Å². The van der Waals surface area contributed by atoms with E-state index in [9.17, 15) is 24.0 Å². The molecule has 0 aromatic heterocycles. The van der Waals surface area contributed by atoms with Gasteiger partial charge in [-0.05, 0) is 55.5 Å². The third kappa shape index (κ3) is 11.6. The van der Waals surface area contributed by atoms with Crippen LogP contribution in [0.2, 0.25) is 0 Å². The highest BCUT2D eigenvalue weighted by atomic mass is 16.2. The van der Waals surface area contributed by atoms with Crippen molar-refractivity contribution in [3.8, 4) is 0 Å². The van der Waals surface area contributed by atoms with Crippen LogP contribution in [0.5, 0.6) is 0 Å². The molecule has 2 aromatic carbocycles. The van der Waals surface area contributed by atoms with Gasteiger partial charge in [-0.15, -0.1) is 0 Å². The first-order valence-electron chi connectivity index (χ1n) is 20.8. The number of nitrogens with zero attached hydrogens (tertiary/aromatic N) is 2. The van der Waals surface area contributed by atoms with Crippen LogP contribution in [-0.4, -0.2) is 84.6 Å². The summed E-state index contributed by atoms with van der Waals surface area (Å²) in [5.41, 5.74) is 2.04. The SMILES string of the molecule is CCCCCCCCCCCCCCNC(=O)C[C@@H]1CCCN1C(=O)c1ccc(C(=O)N2C[C@@H](C(=O)NC)[C@H](C(=O)N[C@H]3C[C@@H]3c3ccccc3)C2)cc1. The Morgan fingerprint density at radius 3 is 1.89 bits per heavy atom. The minimum Gasteiger partial charge on any atom is -0.359 e. The van der Waals surface area contributed by atoms with Crippen molar-refractivity contribution in [2.75, 3.05) is 33.2 Å². The van der Waals surface area contributed by atoms with Crippen molar-refractivity contribution in [1.82, 2.24) is 25.8 Å². The lowest BCUT2D eigenvalue weighted by molar-refractivity contribution is -0.132. The number of carbonyl (C=O) groups is 5. The maximum Gasteiger partial charge on any atom is 0.254 e. The lowest BCUT2D eigenvalue weighted by Crippen LogP contribution is -2.41. The fraction of sp³-hybridized carbons (Fsp3) is 0.614. The molecule has 2 aromatic rings. The lowest BCUT2D eigenvalue weighted by atomic mass is 9.94. The summed E-state index contributed by atoms with van der Waals surface area (Å²) in [5, 5.41) is 8.85. The summed E-state index contributed by atoms with van der Waals surface area (Å²) in [6, 6.07) is 16.5. The van der Waals surface area contributed by atoms with E-state index in [4.69, 9.17) is 0 Å². The predicted molar refractivity (Wildman–Crippen MR) is 212 cm³/mol. The van der Waals surface area contributed by atoms with Crippen LogP contribution in [0.1, 0.15) is 142 Å². The van der Waals surface area contributed by atoms with Crippen LogP contribution in [0, 0.1) is 11.8 Å². The lowest BCUT2D eigenvalue weighted by Gasteiger charge is -2.24. The van der Waals surface area contributed by atoms with E-state index in [1.165, 1.54) is 69.8 Å². The molecule has 10 nitrogen and oxygen atoms in total. The first kappa shape index (κ1) is 41.0. The summed E-state index contributed by atoms with van der Waals surface area (Å²) in [7, 11) is 1.54. The molecule has 0 unspecified atom stereocenters. The molecule has 2 heterocycles. The minimum absolute atomic E-state index is 0.00970. The Balaban J connectivity index is 1.03. The molecule has 54 heavy (non-hydrogen) atoms. The Kier molecular flexibility index (Phi) is 16.0. The van der Waals surface area contributed by atoms with E-state index in [2.05, 4.69) is 35.0 Å². The van der Waals surface area contributed by atoms with Crippen molar-refractivity contribution in [1.29, 1.82) is 0 Å². The number of amides is 5. The highest BCUT2D eigenvalue weighted by Gasteiger charge is 2.46. The van der Waals surface area contributed by atoms with Crippen LogP contribution < -0.4 is 16.0 Å². The molecule has 0 spiro atoms. The summed E-state index contributed by atoms with van der Waals surface area (Å²) in [5.74, 6) is -1.95. The third-order valence-corrected chi connectivity index (χ3v) is 11.7. The molecule has 2 saturated heterocycles. The number of unbranched alkanes of at least 4 members (excludes halogenated alkanes) is 11. The molecule has 1 aliphatic carbocycles. The second kappa shape index (κ2) is 21.0. The standard InChI is InChI=1S/C44H63N5O5/c1-3-4-5-6-7-8-9-10-11-12-13-17-26-46-40(50)28-35-21-18-27-49(35)44(54)34-24-22-33(23-25-34)43(53)48-30-37(41(51)45-2)38(31-48)42(52)47-39-29-36(39)32-19-15-14-16-20-32/h14-16,19-20,22-25,35-39H,3-13,17-18,21,26-31H2,1-2H3,(H,45,51)(H,46,50)(H,47,52)/t35-,36+,37+,38+,39-/m0/s1. The Morgan fingerprint density at radius 2 is 1.28 bits per heavy atom. The van der Waals surface area contributed by atoms with E-state index < -0.39 is 11.8 Å². The smallest absolute Gasteiger partial charge is 0.254 e. The van der Waals surface area contributed by atoms with Crippen LogP contribution in [0.25, 0.3) is 0 Å². The number of hydrogen-bond acceptors (Lipinski definition) is 5. The van der Waals surface area contributed by atoms with Gasteiger partial charge in [-0.2, -0.15) is 0 Å². The number of likely N-dealkylation sites (tertiary alicyclic amines) is 2. The van der Waals surface area contributed by atoms with E-state index >= 15 is 0 Å². The molecule has 3 aliphatic rings. The van der Waals surface area contributed by atoms with Crippen molar-refractivity contribution in [3.05, 3.63) is 71.3 Å². The molecule has 3 N–H and O–H groups in total. The van der Waals surface area contributed by atoms with Crippen LogP contribution in [-0.2, 0) is 14.4 Å². The van der Waals surface area contributed by atoms with Crippen LogP contribution in [0.4, 0.5) is 0 Å². The second-order valence-electron chi connectivity index (χ2n) is 15.7. The van der Waals surface area contributed by atoms with Gasteiger partial charge in [-0.1, -0.05) is 108 Å². The monoisotopic (exact) mass is 741 g/mol. The molecule has 0 bridgehead atoms. The van der Waals surface area contributed by atoms with Crippen molar-refractivity contribution in [2.45, 2.75) is 128 Å². The molecular weight excluding hydrogens is 679 g/mol. The minimum atomic E-state index is -0.652. The number of hydrogen-bond donors (Lipinski definition) is 3. The van der Waals surface area contributed by atoms with Gasteiger partial charge < -0.3 is 25.8 Å². The number of nitrogens with one attached hydrogen (secondary N) is 3. The molecular formula is C44H63N5O5. The van der Waals surface area contributed by atoms with Gasteiger partial charge in [-0.3, -0.25) is 24.0 Å². The Labute approximate surface area is 322 Å². The van der Waals surface area contributed by atoms with Gasteiger partial charge in [0.2, 0.25) is 17.7 Å². The van der Waals surface area contributed by atoms with Crippen LogP contribution in [0.15, 0.2) is 54.6 Å². The Bertz CT molecular complexity index is 1530. The molecule has 5 rings (SSSR count). The van der Waals surface area contributed by atoms with E-state index in [1.54, 1.807) is 41.1 Å². The molecule has 1 saturated carbocycles. The van der Waals surface area contributed by atoms with E-state index in [1.807, 2.05) is 18.2 Å². The largest absolute Gasteiger partial charge is 0.359 e. The predicted octanol–water partition coefficient (Wildman–Crippen LogP) is 6.61. The summed E-state index contributed by atoms with van der Waals surface area (Å²) in [4.78, 5) is 69.5. The zero-order chi connectivity index (χ0) is 38.3. The Morgan fingerprint density at radius 1 is 0.704 bits per heavy atom.